The van der Waals surface area contributed by atoms with Gasteiger partial charge in [0.1, 0.15) is 23.7 Å². The fraction of sp³-hybridized carbons (Fsp3) is 0.176. The molecular formula is C34H30Cl2N4O4S. The van der Waals surface area contributed by atoms with E-state index in [-0.39, 0.29) is 12.1 Å². The lowest BCUT2D eigenvalue weighted by Gasteiger charge is -2.21. The molecule has 5 aromatic rings. The van der Waals surface area contributed by atoms with Gasteiger partial charge in [-0.1, -0.05) is 65.7 Å². The molecule has 1 saturated heterocycles. The van der Waals surface area contributed by atoms with E-state index in [1.54, 1.807) is 30.3 Å². The van der Waals surface area contributed by atoms with Crippen molar-refractivity contribution in [2.75, 3.05) is 10.8 Å². The molecule has 0 radical (unpaired) electrons. The smallest absolute Gasteiger partial charge is 0.326 e. The number of benzene rings is 4. The molecule has 1 N–H and O–H groups in total. The first-order chi connectivity index (χ1) is 21.3. The minimum atomic E-state index is -3.96. The van der Waals surface area contributed by atoms with Crippen LogP contribution in [0.25, 0.3) is 28.1 Å². The van der Waals surface area contributed by atoms with Gasteiger partial charge in [-0.15, -0.1) is 0 Å². The number of carbonyl (C=O) groups is 1. The molecule has 11 heteroatoms. The predicted molar refractivity (Wildman–Crippen MR) is 178 cm³/mol. The molecule has 1 amide bonds. The van der Waals surface area contributed by atoms with E-state index in [1.807, 2.05) is 66.6 Å². The third-order valence-electron chi connectivity index (χ3n) is 7.11. The normalized spacial score (nSPS) is 14.4. The predicted octanol–water partition coefficient (Wildman–Crippen LogP) is 7.46. The first-order valence-corrected chi connectivity index (χ1v) is 16.4. The minimum absolute atomic E-state index is 0.286. The first-order valence-electron chi connectivity index (χ1n) is 14.2. The van der Waals surface area contributed by atoms with E-state index in [9.17, 15) is 13.2 Å². The molecule has 1 aliphatic heterocycles. The van der Waals surface area contributed by atoms with Gasteiger partial charge in [0, 0.05) is 28.9 Å². The molecule has 1 aromatic heterocycles. The van der Waals surface area contributed by atoms with Gasteiger partial charge >= 0.3 is 10.2 Å². The lowest BCUT2D eigenvalue weighted by molar-refractivity contribution is -0.117. The Kier molecular flexibility index (Phi) is 8.11. The van der Waals surface area contributed by atoms with Crippen LogP contribution < -0.4 is 13.8 Å². The number of halogens is 2. The summed E-state index contributed by atoms with van der Waals surface area (Å²) in [6.45, 7) is 5.78. The summed E-state index contributed by atoms with van der Waals surface area (Å²) in [6.07, 6.45) is 2.34. The monoisotopic (exact) mass is 660 g/mol. The fourth-order valence-corrected chi connectivity index (χ4v) is 6.80. The number of nitrogens with one attached hydrogen (secondary N) is 1. The van der Waals surface area contributed by atoms with Gasteiger partial charge in [-0.2, -0.15) is 8.42 Å². The first kappa shape index (κ1) is 30.7. The van der Waals surface area contributed by atoms with Crippen molar-refractivity contribution in [2.45, 2.75) is 32.8 Å². The summed E-state index contributed by atoms with van der Waals surface area (Å²) in [4.78, 5) is 16.8. The maximum atomic E-state index is 12.5. The Morgan fingerprint density at radius 3 is 2.31 bits per heavy atom. The van der Waals surface area contributed by atoms with E-state index in [0.29, 0.717) is 44.9 Å². The summed E-state index contributed by atoms with van der Waals surface area (Å²) < 4.78 is 36.1. The molecule has 0 bridgehead atoms. The van der Waals surface area contributed by atoms with Crippen LogP contribution in [0, 0.1) is 0 Å². The highest BCUT2D eigenvalue weighted by Gasteiger charge is 2.34. The Bertz CT molecular complexity index is 2020. The van der Waals surface area contributed by atoms with E-state index in [0.717, 1.165) is 26.7 Å². The highest BCUT2D eigenvalue weighted by molar-refractivity contribution is 7.92. The molecule has 8 nitrogen and oxygen atoms in total. The summed E-state index contributed by atoms with van der Waals surface area (Å²) in [7, 11) is -3.96. The summed E-state index contributed by atoms with van der Waals surface area (Å²) in [5.41, 5.74) is 5.21. The number of nitrogens with zero attached hydrogens (tertiary/aromatic N) is 3. The molecule has 0 unspecified atom stereocenters. The summed E-state index contributed by atoms with van der Waals surface area (Å²) >= 11 is 12.7. The van der Waals surface area contributed by atoms with Crippen LogP contribution in [0.1, 0.15) is 32.2 Å². The minimum Gasteiger partial charge on any atom is -0.488 e. The van der Waals surface area contributed by atoms with Gasteiger partial charge in [-0.25, -0.2) is 14.0 Å². The van der Waals surface area contributed by atoms with Crippen LogP contribution >= 0.6 is 23.2 Å². The third-order valence-corrected chi connectivity index (χ3v) is 9.06. The third kappa shape index (κ3) is 6.86. The van der Waals surface area contributed by atoms with E-state index in [1.165, 1.54) is 0 Å². The maximum Gasteiger partial charge on any atom is 0.326 e. The van der Waals surface area contributed by atoms with Crippen molar-refractivity contribution >= 4 is 45.0 Å². The average molecular weight is 662 g/mol. The van der Waals surface area contributed by atoms with Crippen molar-refractivity contribution in [1.82, 2.24) is 14.3 Å². The van der Waals surface area contributed by atoms with Crippen molar-refractivity contribution in [1.29, 1.82) is 0 Å². The fourth-order valence-electron chi connectivity index (χ4n) is 5.16. The van der Waals surface area contributed by atoms with Crippen LogP contribution in [-0.4, -0.2) is 36.0 Å². The van der Waals surface area contributed by atoms with Gasteiger partial charge < -0.3 is 9.30 Å². The molecule has 1 fully saturated rings. The van der Waals surface area contributed by atoms with Gasteiger partial charge in [0.05, 0.1) is 16.4 Å². The SMILES string of the molecule is CC(C)(C)Oc1cccc(-c2ccc(Cc3nc(-c4ccc(Cl)cc4Cl)cn3-c3cccc(N4CC(=O)NS4(=O)=O)c3)cc2)c1. The summed E-state index contributed by atoms with van der Waals surface area (Å²) in [6, 6.07) is 28.5. The number of hydrogen-bond acceptors (Lipinski definition) is 5. The molecule has 4 aromatic carbocycles. The highest BCUT2D eigenvalue weighted by atomic mass is 35.5. The number of imidazole rings is 1. The van der Waals surface area contributed by atoms with E-state index in [4.69, 9.17) is 32.9 Å². The Labute approximate surface area is 272 Å². The number of amides is 1. The molecule has 2 heterocycles. The van der Waals surface area contributed by atoms with Crippen molar-refractivity contribution < 1.29 is 17.9 Å². The second-order valence-corrected chi connectivity index (χ2v) is 14.1. The largest absolute Gasteiger partial charge is 0.488 e. The number of ether oxygens (including phenoxy) is 1. The van der Waals surface area contributed by atoms with Crippen molar-refractivity contribution in [3.63, 3.8) is 0 Å². The Morgan fingerprint density at radius 2 is 1.62 bits per heavy atom. The Balaban J connectivity index is 1.36. The number of aromatic nitrogens is 2. The second kappa shape index (κ2) is 11.9. The zero-order valence-electron chi connectivity index (χ0n) is 24.8. The van der Waals surface area contributed by atoms with E-state index >= 15 is 0 Å². The number of rotatable bonds is 7. The maximum absolute atomic E-state index is 12.5. The van der Waals surface area contributed by atoms with Crippen LogP contribution in [0.2, 0.25) is 10.0 Å². The van der Waals surface area contributed by atoms with E-state index in [2.05, 4.69) is 30.3 Å². The highest BCUT2D eigenvalue weighted by Crippen LogP contribution is 2.33. The lowest BCUT2D eigenvalue weighted by atomic mass is 10.0. The van der Waals surface area contributed by atoms with Crippen molar-refractivity contribution in [3.05, 3.63) is 119 Å². The van der Waals surface area contributed by atoms with Crippen LogP contribution in [0.5, 0.6) is 5.75 Å². The van der Waals surface area contributed by atoms with Gasteiger partial charge in [-0.05, 0) is 86.0 Å². The topological polar surface area (TPSA) is 93.5 Å². The van der Waals surface area contributed by atoms with Gasteiger partial charge in [-0.3, -0.25) is 4.79 Å². The lowest BCUT2D eigenvalue weighted by Crippen LogP contribution is -2.29. The van der Waals surface area contributed by atoms with Crippen LogP contribution in [-0.2, 0) is 21.4 Å². The molecule has 0 atom stereocenters. The zero-order valence-corrected chi connectivity index (χ0v) is 27.1. The molecule has 230 valence electrons. The zero-order chi connectivity index (χ0) is 31.9. The molecular weight excluding hydrogens is 631 g/mol. The van der Waals surface area contributed by atoms with Crippen LogP contribution in [0.4, 0.5) is 5.69 Å². The average Bonchev–Trinajstić information content (AvgIpc) is 3.51. The Hall–Kier alpha value is -4.31. The van der Waals surface area contributed by atoms with Crippen molar-refractivity contribution in [3.8, 4) is 33.8 Å². The van der Waals surface area contributed by atoms with Crippen molar-refractivity contribution in [2.24, 2.45) is 0 Å². The van der Waals surface area contributed by atoms with Gasteiger partial charge in [0.2, 0.25) is 0 Å². The summed E-state index contributed by atoms with van der Waals surface area (Å²) in [5, 5.41) is 0.976. The Morgan fingerprint density at radius 1 is 0.889 bits per heavy atom. The molecule has 6 rings (SSSR count). The molecule has 0 saturated carbocycles. The van der Waals surface area contributed by atoms with Crippen LogP contribution in [0.3, 0.4) is 0 Å². The quantitative estimate of drug-likeness (QED) is 0.196. The molecule has 45 heavy (non-hydrogen) atoms. The molecule has 0 aliphatic carbocycles. The standard InChI is InChI=1S/C34H30Cl2N4O4S/c1-34(2,3)44-28-9-4-6-24(17-28)23-12-10-22(11-13-23)16-32-37-31(29-15-14-25(35)18-30(29)36)20-39(32)26-7-5-8-27(19-26)40-21-33(41)38-45(40,42)43/h4-15,17-20H,16,21H2,1-3H3,(H,38,41). The number of hydrogen-bond donors (Lipinski definition) is 1. The molecule has 0 spiro atoms. The van der Waals surface area contributed by atoms with Crippen LogP contribution in [0.15, 0.2) is 97.2 Å². The molecule has 1 aliphatic rings. The second-order valence-electron chi connectivity index (χ2n) is 11.7. The van der Waals surface area contributed by atoms with Gasteiger partial charge in [0.15, 0.2) is 0 Å². The van der Waals surface area contributed by atoms with Gasteiger partial charge in [0.25, 0.3) is 5.91 Å². The van der Waals surface area contributed by atoms with E-state index < -0.39 is 16.1 Å². The summed E-state index contributed by atoms with van der Waals surface area (Å²) in [5.74, 6) is 0.934. The number of carbonyl (C=O) groups excluding carboxylic acids is 1. The number of anilines is 1.